The Kier molecular flexibility index (Phi) is 2.75. The fourth-order valence-corrected chi connectivity index (χ4v) is 2.05. The van der Waals surface area contributed by atoms with E-state index in [4.69, 9.17) is 4.43 Å². The zero-order valence-corrected chi connectivity index (χ0v) is 11.7. The van der Waals surface area contributed by atoms with E-state index in [1.807, 2.05) is 0 Å². The topological polar surface area (TPSA) is 9.23 Å². The van der Waals surface area contributed by atoms with Gasteiger partial charge < -0.3 is 4.43 Å². The number of allylic oxidation sites excluding steroid dienone is 1. The van der Waals surface area contributed by atoms with Crippen LogP contribution in [0.25, 0.3) is 0 Å². The van der Waals surface area contributed by atoms with E-state index < -0.39 is 8.32 Å². The number of rotatable bonds is 3. The van der Waals surface area contributed by atoms with Gasteiger partial charge in [0.1, 0.15) is 0 Å². The second kappa shape index (κ2) is 3.21. The molecule has 1 aliphatic rings. The van der Waals surface area contributed by atoms with Crippen LogP contribution >= 0.6 is 0 Å². The van der Waals surface area contributed by atoms with Crippen LogP contribution in [-0.2, 0) is 4.43 Å². The first kappa shape index (κ1) is 12.0. The standard InChI is InChI=1S/C12H24OSi/c1-11(2,3)14(6,7)13-9-10-8-12(10,4)5/h8H,9H2,1-7H3. The van der Waals surface area contributed by atoms with Crippen LogP contribution in [0.4, 0.5) is 0 Å². The SMILES string of the molecule is CC1(C)C=C1CO[Si](C)(C)C(C)(C)C. The maximum absolute atomic E-state index is 6.12. The van der Waals surface area contributed by atoms with Gasteiger partial charge >= 0.3 is 0 Å². The van der Waals surface area contributed by atoms with E-state index in [9.17, 15) is 0 Å². The molecular formula is C12H24OSi. The zero-order valence-electron chi connectivity index (χ0n) is 10.7. The molecule has 0 atom stereocenters. The molecule has 2 heteroatoms. The van der Waals surface area contributed by atoms with Crippen molar-refractivity contribution in [2.75, 3.05) is 6.61 Å². The van der Waals surface area contributed by atoms with Gasteiger partial charge in [-0.1, -0.05) is 40.7 Å². The van der Waals surface area contributed by atoms with Crippen LogP contribution in [0.15, 0.2) is 11.6 Å². The van der Waals surface area contributed by atoms with Crippen molar-refractivity contribution in [1.82, 2.24) is 0 Å². The summed E-state index contributed by atoms with van der Waals surface area (Å²) in [6.07, 6.45) is 2.31. The minimum Gasteiger partial charge on any atom is -0.413 e. The molecule has 0 aliphatic heterocycles. The molecule has 0 unspecified atom stereocenters. The molecule has 0 aromatic heterocycles. The van der Waals surface area contributed by atoms with Crippen LogP contribution in [0.2, 0.25) is 18.1 Å². The molecule has 82 valence electrons. The Hall–Kier alpha value is -0.0831. The van der Waals surface area contributed by atoms with Crippen molar-refractivity contribution in [2.45, 2.75) is 52.8 Å². The van der Waals surface area contributed by atoms with E-state index in [2.05, 4.69) is 53.8 Å². The van der Waals surface area contributed by atoms with E-state index in [-0.39, 0.29) is 0 Å². The predicted molar refractivity (Wildman–Crippen MR) is 65.0 cm³/mol. The summed E-state index contributed by atoms with van der Waals surface area (Å²) in [4.78, 5) is 0. The van der Waals surface area contributed by atoms with Crippen molar-refractivity contribution in [3.05, 3.63) is 11.6 Å². The summed E-state index contributed by atoms with van der Waals surface area (Å²) in [5.41, 5.74) is 1.82. The van der Waals surface area contributed by atoms with Gasteiger partial charge in [0, 0.05) is 5.41 Å². The highest BCUT2D eigenvalue weighted by Gasteiger charge is 2.40. The average molecular weight is 212 g/mol. The molecule has 0 spiro atoms. The van der Waals surface area contributed by atoms with Crippen LogP contribution in [-0.4, -0.2) is 14.9 Å². The van der Waals surface area contributed by atoms with Crippen LogP contribution in [0.3, 0.4) is 0 Å². The van der Waals surface area contributed by atoms with Crippen molar-refractivity contribution in [3.8, 4) is 0 Å². The highest BCUT2D eigenvalue weighted by Crippen LogP contribution is 2.44. The van der Waals surface area contributed by atoms with Gasteiger partial charge in [-0.05, 0) is 23.7 Å². The van der Waals surface area contributed by atoms with Crippen LogP contribution in [0, 0.1) is 5.41 Å². The van der Waals surface area contributed by atoms with Crippen LogP contribution in [0.5, 0.6) is 0 Å². The molecule has 14 heavy (non-hydrogen) atoms. The second-order valence-electron chi connectivity index (χ2n) is 6.44. The van der Waals surface area contributed by atoms with Gasteiger partial charge in [0.05, 0.1) is 6.61 Å². The smallest absolute Gasteiger partial charge is 0.192 e. The molecule has 0 N–H and O–H groups in total. The number of hydrogen-bond acceptors (Lipinski definition) is 1. The van der Waals surface area contributed by atoms with Crippen molar-refractivity contribution in [2.24, 2.45) is 5.41 Å². The number of hydrogen-bond donors (Lipinski definition) is 0. The molecule has 0 heterocycles. The summed E-state index contributed by atoms with van der Waals surface area (Å²) in [6, 6.07) is 0. The summed E-state index contributed by atoms with van der Waals surface area (Å²) in [6.45, 7) is 16.8. The first-order chi connectivity index (χ1) is 6.06. The lowest BCUT2D eigenvalue weighted by molar-refractivity contribution is 0.313. The summed E-state index contributed by atoms with van der Waals surface area (Å²) in [5, 5.41) is 0.326. The molecule has 0 saturated carbocycles. The third-order valence-corrected chi connectivity index (χ3v) is 8.15. The molecule has 0 saturated heterocycles. The molecule has 0 bridgehead atoms. The van der Waals surface area contributed by atoms with Crippen molar-refractivity contribution in [3.63, 3.8) is 0 Å². The first-order valence-electron chi connectivity index (χ1n) is 5.42. The van der Waals surface area contributed by atoms with Gasteiger partial charge in [-0.25, -0.2) is 0 Å². The Morgan fingerprint density at radius 2 is 1.71 bits per heavy atom. The maximum atomic E-state index is 6.12. The Morgan fingerprint density at radius 3 is 2.00 bits per heavy atom. The van der Waals surface area contributed by atoms with Crippen LogP contribution < -0.4 is 0 Å². The molecule has 0 aromatic carbocycles. The molecular weight excluding hydrogens is 188 g/mol. The van der Waals surface area contributed by atoms with Crippen molar-refractivity contribution < 1.29 is 4.43 Å². The fraction of sp³-hybridized carbons (Fsp3) is 0.833. The van der Waals surface area contributed by atoms with Gasteiger partial charge in [0.2, 0.25) is 0 Å². The minimum absolute atomic E-state index is 0.326. The van der Waals surface area contributed by atoms with E-state index in [0.29, 0.717) is 10.5 Å². The average Bonchev–Trinajstić information content (AvgIpc) is 2.53. The highest BCUT2D eigenvalue weighted by atomic mass is 28.4. The summed E-state index contributed by atoms with van der Waals surface area (Å²) in [7, 11) is -1.53. The lowest BCUT2D eigenvalue weighted by atomic mass is 10.1. The Bertz CT molecular complexity index is 256. The van der Waals surface area contributed by atoms with Crippen molar-refractivity contribution >= 4 is 8.32 Å². The lowest BCUT2D eigenvalue weighted by Crippen LogP contribution is -2.41. The molecule has 0 radical (unpaired) electrons. The molecule has 1 nitrogen and oxygen atoms in total. The molecule has 0 amide bonds. The monoisotopic (exact) mass is 212 g/mol. The van der Waals surface area contributed by atoms with E-state index >= 15 is 0 Å². The molecule has 1 rings (SSSR count). The largest absolute Gasteiger partial charge is 0.413 e. The molecule has 0 aromatic rings. The maximum Gasteiger partial charge on any atom is 0.192 e. The zero-order chi connectivity index (χ0) is 11.2. The van der Waals surface area contributed by atoms with Gasteiger partial charge in [-0.3, -0.25) is 0 Å². The third kappa shape index (κ3) is 2.48. The van der Waals surface area contributed by atoms with E-state index in [1.54, 1.807) is 0 Å². The fourth-order valence-electron chi connectivity index (χ4n) is 1.10. The van der Waals surface area contributed by atoms with Crippen LogP contribution in [0.1, 0.15) is 34.6 Å². The summed E-state index contributed by atoms with van der Waals surface area (Å²) >= 11 is 0. The Labute approximate surface area is 89.7 Å². The Balaban J connectivity index is 2.43. The second-order valence-corrected chi connectivity index (χ2v) is 11.2. The van der Waals surface area contributed by atoms with Gasteiger partial charge in [0.15, 0.2) is 8.32 Å². The predicted octanol–water partition coefficient (Wildman–Crippen LogP) is 3.97. The van der Waals surface area contributed by atoms with Gasteiger partial charge in [-0.15, -0.1) is 0 Å². The quantitative estimate of drug-likeness (QED) is 0.508. The minimum atomic E-state index is -1.53. The summed E-state index contributed by atoms with van der Waals surface area (Å²) in [5.74, 6) is 0. The molecule has 0 fully saturated rings. The Morgan fingerprint density at radius 1 is 1.29 bits per heavy atom. The highest BCUT2D eigenvalue weighted by molar-refractivity contribution is 6.74. The first-order valence-corrected chi connectivity index (χ1v) is 8.33. The van der Waals surface area contributed by atoms with Crippen molar-refractivity contribution in [1.29, 1.82) is 0 Å². The third-order valence-electron chi connectivity index (χ3n) is 3.67. The lowest BCUT2D eigenvalue weighted by Gasteiger charge is -2.36. The van der Waals surface area contributed by atoms with Gasteiger partial charge in [0.25, 0.3) is 0 Å². The molecule has 1 aliphatic carbocycles. The van der Waals surface area contributed by atoms with E-state index in [0.717, 1.165) is 6.61 Å². The summed E-state index contributed by atoms with van der Waals surface area (Å²) < 4.78 is 6.12. The van der Waals surface area contributed by atoms with E-state index in [1.165, 1.54) is 5.57 Å². The normalized spacial score (nSPS) is 20.6. The van der Waals surface area contributed by atoms with Gasteiger partial charge in [-0.2, -0.15) is 0 Å².